The van der Waals surface area contributed by atoms with Gasteiger partial charge in [-0.1, -0.05) is 239 Å². The standard InChI is InChI=1S/C50H99NO8/c1-3-5-7-9-11-12-13-14-15-16-17-18-19-20-21-22-23-24-25-26-27-28-29-30-31-32-34-35-37-39-44(53)43(51-46(54)40-38-36-33-10-8-6-4-2)42-58-50-49(57)48(56)47(55)45(41-52)59-50/h43-45,47-50,52-53,55-57H,3-42H2,1-2H3,(H,51,54). The summed E-state index contributed by atoms with van der Waals surface area (Å²) in [5.41, 5.74) is 0. The molecule has 0 spiro atoms. The van der Waals surface area contributed by atoms with E-state index in [0.717, 1.165) is 38.5 Å². The van der Waals surface area contributed by atoms with Crippen LogP contribution in [0, 0.1) is 0 Å². The predicted octanol–water partition coefficient (Wildman–Crippen LogP) is 11.5. The Balaban J connectivity index is 2.08. The predicted molar refractivity (Wildman–Crippen MR) is 244 cm³/mol. The lowest BCUT2D eigenvalue weighted by atomic mass is 9.99. The third-order valence-corrected chi connectivity index (χ3v) is 12.7. The maximum Gasteiger partial charge on any atom is 0.220 e. The highest BCUT2D eigenvalue weighted by Crippen LogP contribution is 2.23. The second-order valence-electron chi connectivity index (χ2n) is 18.3. The molecule has 9 nitrogen and oxygen atoms in total. The van der Waals surface area contributed by atoms with E-state index < -0.39 is 49.5 Å². The fourth-order valence-corrected chi connectivity index (χ4v) is 8.58. The SMILES string of the molecule is CCCCCCCCCCCCCCCCCCCCCCCCCCCCCCCC(O)C(COC1OC(CO)C(O)C(O)C1O)NC(=O)CCCCCCCCC. The van der Waals surface area contributed by atoms with Gasteiger partial charge in [0.1, 0.15) is 24.4 Å². The van der Waals surface area contributed by atoms with Crippen LogP contribution in [-0.2, 0) is 14.3 Å². The molecule has 7 atom stereocenters. The van der Waals surface area contributed by atoms with Crippen molar-refractivity contribution in [1.29, 1.82) is 0 Å². The summed E-state index contributed by atoms with van der Waals surface area (Å²) in [6, 6.07) is -0.710. The smallest absolute Gasteiger partial charge is 0.220 e. The van der Waals surface area contributed by atoms with Crippen molar-refractivity contribution >= 4 is 5.91 Å². The van der Waals surface area contributed by atoms with Crippen molar-refractivity contribution in [3.05, 3.63) is 0 Å². The molecule has 1 amide bonds. The van der Waals surface area contributed by atoms with Crippen LogP contribution in [0.3, 0.4) is 0 Å². The summed E-state index contributed by atoms with van der Waals surface area (Å²) in [6.45, 7) is 3.81. The van der Waals surface area contributed by atoms with Gasteiger partial charge < -0.3 is 40.3 Å². The number of aliphatic hydroxyl groups excluding tert-OH is 5. The van der Waals surface area contributed by atoms with E-state index in [9.17, 15) is 30.3 Å². The molecule has 1 rings (SSSR count). The topological polar surface area (TPSA) is 149 Å². The number of aliphatic hydroxyl groups is 5. The quantitative estimate of drug-likeness (QED) is 0.0332. The van der Waals surface area contributed by atoms with Crippen molar-refractivity contribution in [2.24, 2.45) is 0 Å². The normalized spacial score (nSPS) is 20.6. The zero-order valence-corrected chi connectivity index (χ0v) is 38.8. The number of hydrogen-bond acceptors (Lipinski definition) is 8. The van der Waals surface area contributed by atoms with Crippen molar-refractivity contribution in [1.82, 2.24) is 5.32 Å². The van der Waals surface area contributed by atoms with Crippen LogP contribution in [0.15, 0.2) is 0 Å². The minimum absolute atomic E-state index is 0.133. The number of rotatable bonds is 44. The molecule has 0 bridgehead atoms. The Morgan fingerprint density at radius 2 is 0.847 bits per heavy atom. The number of carbonyl (C=O) groups excluding carboxylic acids is 1. The van der Waals surface area contributed by atoms with Gasteiger partial charge in [0.15, 0.2) is 6.29 Å². The van der Waals surface area contributed by atoms with Crippen LogP contribution in [-0.4, -0.2) is 87.5 Å². The van der Waals surface area contributed by atoms with E-state index >= 15 is 0 Å². The zero-order valence-electron chi connectivity index (χ0n) is 38.8. The van der Waals surface area contributed by atoms with Crippen LogP contribution in [0.1, 0.15) is 258 Å². The average Bonchev–Trinajstić information content (AvgIpc) is 3.23. The van der Waals surface area contributed by atoms with Gasteiger partial charge in [0.2, 0.25) is 5.91 Å². The monoisotopic (exact) mass is 842 g/mol. The summed E-state index contributed by atoms with van der Waals surface area (Å²) in [5, 5.41) is 54.2. The van der Waals surface area contributed by atoms with Crippen molar-refractivity contribution in [2.75, 3.05) is 13.2 Å². The summed E-state index contributed by atoms with van der Waals surface area (Å²) in [4.78, 5) is 12.8. The molecule has 6 N–H and O–H groups in total. The summed E-state index contributed by atoms with van der Waals surface area (Å²) in [7, 11) is 0. The van der Waals surface area contributed by atoms with Gasteiger partial charge in [0, 0.05) is 6.42 Å². The van der Waals surface area contributed by atoms with Gasteiger partial charge in [-0.2, -0.15) is 0 Å². The average molecular weight is 842 g/mol. The minimum Gasteiger partial charge on any atom is -0.394 e. The van der Waals surface area contributed by atoms with E-state index in [1.807, 2.05) is 0 Å². The summed E-state index contributed by atoms with van der Waals surface area (Å²) in [5.74, 6) is -0.148. The lowest BCUT2D eigenvalue weighted by Crippen LogP contribution is -2.60. The Kier molecular flexibility index (Phi) is 39.3. The van der Waals surface area contributed by atoms with E-state index in [1.165, 1.54) is 193 Å². The van der Waals surface area contributed by atoms with Gasteiger partial charge in [0.25, 0.3) is 0 Å². The number of carbonyl (C=O) groups is 1. The number of ether oxygens (including phenoxy) is 2. The van der Waals surface area contributed by atoms with Gasteiger partial charge >= 0.3 is 0 Å². The first-order chi connectivity index (χ1) is 28.8. The highest BCUT2D eigenvalue weighted by atomic mass is 16.7. The van der Waals surface area contributed by atoms with Crippen LogP contribution in [0.5, 0.6) is 0 Å². The molecule has 0 saturated carbocycles. The van der Waals surface area contributed by atoms with E-state index in [0.29, 0.717) is 12.8 Å². The third-order valence-electron chi connectivity index (χ3n) is 12.7. The number of amides is 1. The molecule has 352 valence electrons. The molecule has 0 radical (unpaired) electrons. The fraction of sp³-hybridized carbons (Fsp3) is 0.980. The van der Waals surface area contributed by atoms with Crippen LogP contribution in [0.25, 0.3) is 0 Å². The fourth-order valence-electron chi connectivity index (χ4n) is 8.58. The Morgan fingerprint density at radius 1 is 0.508 bits per heavy atom. The summed E-state index contributed by atoms with van der Waals surface area (Å²) >= 11 is 0. The van der Waals surface area contributed by atoms with Crippen LogP contribution < -0.4 is 5.32 Å². The van der Waals surface area contributed by atoms with E-state index in [1.54, 1.807) is 0 Å². The largest absolute Gasteiger partial charge is 0.394 e. The Labute approximate surface area is 364 Å². The van der Waals surface area contributed by atoms with Crippen molar-refractivity contribution in [3.8, 4) is 0 Å². The first-order valence-corrected chi connectivity index (χ1v) is 25.7. The van der Waals surface area contributed by atoms with E-state index in [-0.39, 0.29) is 12.5 Å². The molecular formula is C50H99NO8. The highest BCUT2D eigenvalue weighted by Gasteiger charge is 2.44. The van der Waals surface area contributed by atoms with Gasteiger partial charge in [-0.05, 0) is 12.8 Å². The maximum atomic E-state index is 12.8. The Morgan fingerprint density at radius 3 is 1.20 bits per heavy atom. The lowest BCUT2D eigenvalue weighted by Gasteiger charge is -2.40. The molecule has 0 aromatic rings. The third kappa shape index (κ3) is 31.6. The second-order valence-corrected chi connectivity index (χ2v) is 18.3. The molecule has 1 aliphatic heterocycles. The molecule has 1 heterocycles. The first-order valence-electron chi connectivity index (χ1n) is 25.7. The van der Waals surface area contributed by atoms with Crippen LogP contribution >= 0.6 is 0 Å². The number of nitrogens with one attached hydrogen (secondary N) is 1. The second kappa shape index (κ2) is 41.2. The number of hydrogen-bond donors (Lipinski definition) is 6. The van der Waals surface area contributed by atoms with Gasteiger partial charge in [-0.25, -0.2) is 0 Å². The van der Waals surface area contributed by atoms with Crippen molar-refractivity contribution in [2.45, 2.75) is 301 Å². The Bertz CT molecular complexity index is 893. The van der Waals surface area contributed by atoms with Gasteiger partial charge in [-0.3, -0.25) is 4.79 Å². The molecule has 9 heteroatoms. The zero-order chi connectivity index (χ0) is 43.0. The molecule has 0 aromatic carbocycles. The van der Waals surface area contributed by atoms with Crippen molar-refractivity contribution in [3.63, 3.8) is 0 Å². The first kappa shape index (κ1) is 56.2. The van der Waals surface area contributed by atoms with Gasteiger partial charge in [-0.15, -0.1) is 0 Å². The van der Waals surface area contributed by atoms with Gasteiger partial charge in [0.05, 0.1) is 25.4 Å². The molecule has 59 heavy (non-hydrogen) atoms. The molecule has 1 fully saturated rings. The minimum atomic E-state index is -1.55. The highest BCUT2D eigenvalue weighted by molar-refractivity contribution is 5.76. The molecular weight excluding hydrogens is 743 g/mol. The summed E-state index contributed by atoms with van der Waals surface area (Å²) in [6.07, 6.45) is 40.3. The molecule has 1 saturated heterocycles. The molecule has 0 aromatic heterocycles. The van der Waals surface area contributed by atoms with E-state index in [2.05, 4.69) is 19.2 Å². The van der Waals surface area contributed by atoms with Crippen molar-refractivity contribution < 1.29 is 39.8 Å². The molecule has 0 aliphatic carbocycles. The summed E-state index contributed by atoms with van der Waals surface area (Å²) < 4.78 is 11.2. The lowest BCUT2D eigenvalue weighted by molar-refractivity contribution is -0.302. The maximum absolute atomic E-state index is 12.8. The van der Waals surface area contributed by atoms with Crippen LogP contribution in [0.2, 0.25) is 0 Å². The number of unbranched alkanes of at least 4 members (excludes halogenated alkanes) is 34. The molecule has 1 aliphatic rings. The van der Waals surface area contributed by atoms with E-state index in [4.69, 9.17) is 9.47 Å². The molecule has 7 unspecified atom stereocenters. The Hall–Kier alpha value is -0.810. The van der Waals surface area contributed by atoms with Crippen LogP contribution in [0.4, 0.5) is 0 Å².